The molecule has 5 heteroatoms. The number of nitrogens with zero attached hydrogens (tertiary/aromatic N) is 3. The van der Waals surface area contributed by atoms with Crippen LogP contribution < -0.4 is 0 Å². The van der Waals surface area contributed by atoms with Crippen molar-refractivity contribution in [3.8, 4) is 0 Å². The van der Waals surface area contributed by atoms with Crippen molar-refractivity contribution in [2.24, 2.45) is 0 Å². The van der Waals surface area contributed by atoms with Gasteiger partial charge in [0.05, 0.1) is 6.54 Å². The van der Waals surface area contributed by atoms with Gasteiger partial charge in [-0.05, 0) is 23.6 Å². The van der Waals surface area contributed by atoms with Crippen molar-refractivity contribution in [3.63, 3.8) is 0 Å². The van der Waals surface area contributed by atoms with E-state index in [2.05, 4.69) is 51.3 Å². The van der Waals surface area contributed by atoms with Gasteiger partial charge in [-0.2, -0.15) is 0 Å². The highest BCUT2D eigenvalue weighted by Crippen LogP contribution is 2.19. The van der Waals surface area contributed by atoms with Gasteiger partial charge in [0.1, 0.15) is 0 Å². The first-order valence-electron chi connectivity index (χ1n) is 7.38. The van der Waals surface area contributed by atoms with E-state index in [1.54, 1.807) is 0 Å². The number of H-pyrrole nitrogens is 1. The molecule has 0 aliphatic carbocycles. The average Bonchev–Trinajstić information content (AvgIpc) is 3.15. The van der Waals surface area contributed by atoms with E-state index in [9.17, 15) is 0 Å². The van der Waals surface area contributed by atoms with Gasteiger partial charge in [0.2, 0.25) is 11.8 Å². The smallest absolute Gasteiger partial charge is 0.230 e. The van der Waals surface area contributed by atoms with Crippen molar-refractivity contribution in [2.75, 3.05) is 6.54 Å². The first-order chi connectivity index (χ1) is 10.3. The molecule has 0 spiro atoms. The van der Waals surface area contributed by atoms with E-state index in [0.717, 1.165) is 19.5 Å². The Labute approximate surface area is 124 Å². The summed E-state index contributed by atoms with van der Waals surface area (Å²) >= 11 is 0. The topological polar surface area (TPSA) is 58.0 Å². The van der Waals surface area contributed by atoms with Crippen LogP contribution in [-0.4, -0.2) is 26.6 Å². The molecule has 1 N–H and O–H groups in total. The van der Waals surface area contributed by atoms with E-state index in [-0.39, 0.29) is 0 Å². The monoisotopic (exact) mass is 284 g/mol. The molecular formula is C16H20N4O. The predicted octanol–water partition coefficient (Wildman–Crippen LogP) is 3.14. The Bertz CT molecular complexity index is 716. The fraction of sp³-hybridized carbons (Fsp3) is 0.375. The van der Waals surface area contributed by atoms with Crippen molar-refractivity contribution in [1.29, 1.82) is 0 Å². The first-order valence-corrected chi connectivity index (χ1v) is 7.38. The van der Waals surface area contributed by atoms with Crippen LogP contribution in [-0.2, 0) is 19.5 Å². The Kier molecular flexibility index (Phi) is 4.01. The molecule has 0 aliphatic rings. The van der Waals surface area contributed by atoms with E-state index >= 15 is 0 Å². The van der Waals surface area contributed by atoms with Crippen LogP contribution in [0.4, 0.5) is 0 Å². The Morgan fingerprint density at radius 2 is 1.95 bits per heavy atom. The highest BCUT2D eigenvalue weighted by molar-refractivity contribution is 5.82. The minimum atomic E-state index is 0.681. The maximum Gasteiger partial charge on any atom is 0.230 e. The summed E-state index contributed by atoms with van der Waals surface area (Å²) in [4.78, 5) is 5.61. The molecule has 2 heterocycles. The van der Waals surface area contributed by atoms with Crippen LogP contribution >= 0.6 is 0 Å². The van der Waals surface area contributed by atoms with Crippen molar-refractivity contribution in [2.45, 2.75) is 33.4 Å². The number of hydrogen-bond acceptors (Lipinski definition) is 4. The third-order valence-electron chi connectivity index (χ3n) is 3.68. The predicted molar refractivity (Wildman–Crippen MR) is 81.8 cm³/mol. The molecule has 0 amide bonds. The van der Waals surface area contributed by atoms with Crippen LogP contribution in [0, 0.1) is 0 Å². The number of aromatic amines is 1. The lowest BCUT2D eigenvalue weighted by Gasteiger charge is -2.18. The summed E-state index contributed by atoms with van der Waals surface area (Å²) in [6.45, 7) is 6.63. The van der Waals surface area contributed by atoms with Crippen molar-refractivity contribution < 1.29 is 4.42 Å². The molecular weight excluding hydrogens is 264 g/mol. The van der Waals surface area contributed by atoms with Crippen LogP contribution in [0.15, 0.2) is 34.9 Å². The molecule has 3 aromatic rings. The van der Waals surface area contributed by atoms with E-state index in [4.69, 9.17) is 4.42 Å². The summed E-state index contributed by atoms with van der Waals surface area (Å²) in [5, 5.41) is 9.37. The number of rotatable bonds is 6. The summed E-state index contributed by atoms with van der Waals surface area (Å²) in [6, 6.07) is 8.48. The molecule has 0 fully saturated rings. The van der Waals surface area contributed by atoms with Crippen LogP contribution in [0.2, 0.25) is 0 Å². The summed E-state index contributed by atoms with van der Waals surface area (Å²) in [6.07, 6.45) is 2.76. The number of aryl methyl sites for hydroxylation is 1. The molecule has 1 aromatic carbocycles. The lowest BCUT2D eigenvalue weighted by molar-refractivity contribution is 0.241. The van der Waals surface area contributed by atoms with E-state index < -0.39 is 0 Å². The maximum atomic E-state index is 5.60. The highest BCUT2D eigenvalue weighted by atomic mass is 16.4. The van der Waals surface area contributed by atoms with E-state index in [1.807, 2.05) is 13.1 Å². The van der Waals surface area contributed by atoms with Crippen LogP contribution in [0.5, 0.6) is 0 Å². The molecule has 0 unspecified atom stereocenters. The molecule has 2 aromatic heterocycles. The molecule has 0 atom stereocenters. The zero-order valence-electron chi connectivity index (χ0n) is 12.5. The quantitative estimate of drug-likeness (QED) is 0.755. The fourth-order valence-corrected chi connectivity index (χ4v) is 2.49. The second-order valence-electron chi connectivity index (χ2n) is 5.11. The normalized spacial score (nSPS) is 11.6. The Balaban J connectivity index is 1.76. The van der Waals surface area contributed by atoms with Gasteiger partial charge < -0.3 is 9.40 Å². The third-order valence-corrected chi connectivity index (χ3v) is 3.68. The molecule has 5 nitrogen and oxygen atoms in total. The summed E-state index contributed by atoms with van der Waals surface area (Å²) in [5.41, 5.74) is 2.49. The highest BCUT2D eigenvalue weighted by Gasteiger charge is 2.12. The lowest BCUT2D eigenvalue weighted by Crippen LogP contribution is -2.22. The molecule has 0 bridgehead atoms. The van der Waals surface area contributed by atoms with Gasteiger partial charge in [0.15, 0.2) is 0 Å². The van der Waals surface area contributed by atoms with Crippen LogP contribution in [0.1, 0.15) is 31.2 Å². The maximum absolute atomic E-state index is 5.60. The zero-order chi connectivity index (χ0) is 14.7. The van der Waals surface area contributed by atoms with Gasteiger partial charge >= 0.3 is 0 Å². The van der Waals surface area contributed by atoms with Crippen LogP contribution in [0.3, 0.4) is 0 Å². The summed E-state index contributed by atoms with van der Waals surface area (Å²) in [5.74, 6) is 1.39. The largest absolute Gasteiger partial charge is 0.424 e. The zero-order valence-corrected chi connectivity index (χ0v) is 12.5. The minimum Gasteiger partial charge on any atom is -0.424 e. The van der Waals surface area contributed by atoms with Gasteiger partial charge in [-0.25, -0.2) is 0 Å². The fourth-order valence-electron chi connectivity index (χ4n) is 2.49. The standard InChI is InChI=1S/C16H20N4O/c1-3-14-18-19-15(21-14)11-20(4-2)10-13-7-5-6-12-8-9-17-16(12)13/h5-9,17H,3-4,10-11H2,1-2H3. The SMILES string of the molecule is CCc1nnc(CN(CC)Cc2cccc3cc[nH]c23)o1. The van der Waals surface area contributed by atoms with Gasteiger partial charge in [0.25, 0.3) is 0 Å². The van der Waals surface area contributed by atoms with E-state index in [0.29, 0.717) is 18.3 Å². The number of hydrogen-bond donors (Lipinski definition) is 1. The number of aromatic nitrogens is 3. The average molecular weight is 284 g/mol. The second kappa shape index (κ2) is 6.10. The first kappa shape index (κ1) is 13.8. The molecule has 0 saturated carbocycles. The number of fused-ring (bicyclic) bond motifs is 1. The van der Waals surface area contributed by atoms with Gasteiger partial charge in [-0.3, -0.25) is 4.90 Å². The van der Waals surface area contributed by atoms with E-state index in [1.165, 1.54) is 16.5 Å². The molecule has 110 valence electrons. The summed E-state index contributed by atoms with van der Waals surface area (Å²) < 4.78 is 5.60. The third kappa shape index (κ3) is 2.97. The molecule has 21 heavy (non-hydrogen) atoms. The van der Waals surface area contributed by atoms with Gasteiger partial charge in [-0.15, -0.1) is 10.2 Å². The second-order valence-corrected chi connectivity index (χ2v) is 5.11. The van der Waals surface area contributed by atoms with Crippen LogP contribution in [0.25, 0.3) is 10.9 Å². The molecule has 0 aliphatic heterocycles. The Hall–Kier alpha value is -2.14. The number of nitrogens with one attached hydrogen (secondary N) is 1. The lowest BCUT2D eigenvalue weighted by atomic mass is 10.1. The van der Waals surface area contributed by atoms with Gasteiger partial charge in [0, 0.05) is 24.7 Å². The number of para-hydroxylation sites is 1. The summed E-state index contributed by atoms with van der Waals surface area (Å²) in [7, 11) is 0. The minimum absolute atomic E-state index is 0.681. The van der Waals surface area contributed by atoms with Gasteiger partial charge in [-0.1, -0.05) is 32.0 Å². The molecule has 3 rings (SSSR count). The molecule has 0 saturated heterocycles. The Morgan fingerprint density at radius 3 is 2.71 bits per heavy atom. The van der Waals surface area contributed by atoms with Crippen molar-refractivity contribution in [1.82, 2.24) is 20.1 Å². The van der Waals surface area contributed by atoms with Crippen molar-refractivity contribution in [3.05, 3.63) is 47.8 Å². The van der Waals surface area contributed by atoms with Crippen molar-refractivity contribution >= 4 is 10.9 Å². The number of benzene rings is 1. The Morgan fingerprint density at radius 1 is 1.10 bits per heavy atom. The molecule has 0 radical (unpaired) electrons.